The zero-order valence-corrected chi connectivity index (χ0v) is 11.8. The Bertz CT molecular complexity index is 408. The number of hydrogen-bond acceptors (Lipinski definition) is 1. The maximum atomic E-state index is 5.85. The van der Waals surface area contributed by atoms with Crippen LogP contribution in [-0.4, -0.2) is 6.54 Å². The number of rotatable bonds is 3. The molecule has 1 saturated carbocycles. The highest BCUT2D eigenvalue weighted by Crippen LogP contribution is 2.59. The molecule has 0 radical (unpaired) electrons. The summed E-state index contributed by atoms with van der Waals surface area (Å²) in [5.74, 6) is 1.48. The summed E-state index contributed by atoms with van der Waals surface area (Å²) in [6.07, 6.45) is 1.20. The lowest BCUT2D eigenvalue weighted by Gasteiger charge is -2.12. The van der Waals surface area contributed by atoms with Crippen LogP contribution in [0.2, 0.25) is 0 Å². The summed E-state index contributed by atoms with van der Waals surface area (Å²) in [6.45, 7) is 12.2. The van der Waals surface area contributed by atoms with Crippen LogP contribution in [0.15, 0.2) is 12.1 Å². The normalized spacial score (nSPS) is 26.0. The molecule has 0 saturated heterocycles. The van der Waals surface area contributed by atoms with Crippen molar-refractivity contribution in [2.45, 2.75) is 41.0 Å². The van der Waals surface area contributed by atoms with E-state index in [1.807, 2.05) is 0 Å². The summed E-state index contributed by atoms with van der Waals surface area (Å²) in [5, 5.41) is 0. The highest BCUT2D eigenvalue weighted by molar-refractivity contribution is 5.38. The van der Waals surface area contributed by atoms with E-state index in [-0.39, 0.29) is 0 Å². The first-order valence-electron chi connectivity index (χ1n) is 6.64. The van der Waals surface area contributed by atoms with Crippen LogP contribution in [0.25, 0.3) is 0 Å². The van der Waals surface area contributed by atoms with Gasteiger partial charge in [0.1, 0.15) is 0 Å². The quantitative estimate of drug-likeness (QED) is 0.848. The molecular formula is C16H25N. The second-order valence-corrected chi connectivity index (χ2v) is 6.35. The third-order valence-electron chi connectivity index (χ3n) is 4.81. The topological polar surface area (TPSA) is 26.0 Å². The lowest BCUT2D eigenvalue weighted by atomic mass is 9.93. The summed E-state index contributed by atoms with van der Waals surface area (Å²) >= 11 is 0. The van der Waals surface area contributed by atoms with Crippen LogP contribution in [0.1, 0.15) is 36.1 Å². The van der Waals surface area contributed by atoms with Gasteiger partial charge >= 0.3 is 0 Å². The van der Waals surface area contributed by atoms with E-state index in [1.165, 1.54) is 23.1 Å². The minimum absolute atomic E-state index is 0.443. The van der Waals surface area contributed by atoms with Crippen LogP contribution >= 0.6 is 0 Å². The molecule has 0 spiro atoms. The van der Waals surface area contributed by atoms with E-state index in [1.54, 1.807) is 5.56 Å². The van der Waals surface area contributed by atoms with E-state index >= 15 is 0 Å². The Morgan fingerprint density at radius 3 is 2.00 bits per heavy atom. The monoisotopic (exact) mass is 231 g/mol. The van der Waals surface area contributed by atoms with Crippen molar-refractivity contribution in [3.63, 3.8) is 0 Å². The SMILES string of the molecule is Cc1cc(C)c(CC2C(CN)C2(C)C)c(C)c1. The molecule has 1 heteroatoms. The van der Waals surface area contributed by atoms with Gasteiger partial charge in [0.15, 0.2) is 0 Å². The van der Waals surface area contributed by atoms with Crippen LogP contribution in [0.4, 0.5) is 0 Å². The fourth-order valence-electron chi connectivity index (χ4n) is 3.48. The van der Waals surface area contributed by atoms with Crippen LogP contribution in [0, 0.1) is 38.0 Å². The molecule has 1 aliphatic rings. The summed E-state index contributed by atoms with van der Waals surface area (Å²) in [6, 6.07) is 4.60. The lowest BCUT2D eigenvalue weighted by Crippen LogP contribution is -2.05. The maximum absolute atomic E-state index is 5.85. The Hall–Kier alpha value is -0.820. The van der Waals surface area contributed by atoms with Gasteiger partial charge in [-0.25, -0.2) is 0 Å². The van der Waals surface area contributed by atoms with Gasteiger partial charge in [-0.2, -0.15) is 0 Å². The Morgan fingerprint density at radius 1 is 1.06 bits per heavy atom. The molecule has 17 heavy (non-hydrogen) atoms. The molecule has 0 bridgehead atoms. The first kappa shape index (κ1) is 12.6. The van der Waals surface area contributed by atoms with Gasteiger partial charge in [0.05, 0.1) is 0 Å². The summed E-state index contributed by atoms with van der Waals surface area (Å²) < 4.78 is 0. The predicted octanol–water partition coefficient (Wildman–Crippen LogP) is 3.39. The van der Waals surface area contributed by atoms with E-state index in [0.29, 0.717) is 11.3 Å². The zero-order valence-electron chi connectivity index (χ0n) is 11.8. The van der Waals surface area contributed by atoms with Crippen molar-refractivity contribution in [2.24, 2.45) is 23.0 Å². The van der Waals surface area contributed by atoms with Gasteiger partial charge in [0.2, 0.25) is 0 Å². The Balaban J connectivity index is 2.21. The average molecular weight is 231 g/mol. The van der Waals surface area contributed by atoms with Gasteiger partial charge in [-0.15, -0.1) is 0 Å². The van der Waals surface area contributed by atoms with Crippen molar-refractivity contribution in [1.29, 1.82) is 0 Å². The first-order chi connectivity index (χ1) is 7.87. The van der Waals surface area contributed by atoms with Crippen LogP contribution in [0.3, 0.4) is 0 Å². The minimum Gasteiger partial charge on any atom is -0.330 e. The summed E-state index contributed by atoms with van der Waals surface area (Å²) in [7, 11) is 0. The first-order valence-corrected chi connectivity index (χ1v) is 6.64. The number of aryl methyl sites for hydroxylation is 3. The Morgan fingerprint density at radius 2 is 1.59 bits per heavy atom. The Labute approximate surface area is 105 Å². The second-order valence-electron chi connectivity index (χ2n) is 6.35. The fraction of sp³-hybridized carbons (Fsp3) is 0.625. The molecule has 94 valence electrons. The highest BCUT2D eigenvalue weighted by atomic mass is 14.7. The van der Waals surface area contributed by atoms with Crippen molar-refractivity contribution in [2.75, 3.05) is 6.54 Å². The smallest absolute Gasteiger partial charge is 0.00407 e. The third kappa shape index (κ3) is 2.13. The molecule has 0 aromatic heterocycles. The standard InChI is InChI=1S/C16H25N/c1-10-6-11(2)13(12(3)7-10)8-14-15(9-17)16(14,4)5/h6-7,14-15H,8-9,17H2,1-5H3. The lowest BCUT2D eigenvalue weighted by molar-refractivity contribution is 0.535. The summed E-state index contributed by atoms with van der Waals surface area (Å²) in [5.41, 5.74) is 12.1. The molecular weight excluding hydrogens is 206 g/mol. The van der Waals surface area contributed by atoms with Crippen molar-refractivity contribution >= 4 is 0 Å². The van der Waals surface area contributed by atoms with Crippen LogP contribution in [0.5, 0.6) is 0 Å². The molecule has 1 fully saturated rings. The van der Waals surface area contributed by atoms with E-state index in [2.05, 4.69) is 46.8 Å². The molecule has 1 aromatic rings. The van der Waals surface area contributed by atoms with Gasteiger partial charge in [-0.3, -0.25) is 0 Å². The van der Waals surface area contributed by atoms with Gasteiger partial charge < -0.3 is 5.73 Å². The van der Waals surface area contributed by atoms with Crippen molar-refractivity contribution in [3.05, 3.63) is 34.4 Å². The van der Waals surface area contributed by atoms with E-state index in [4.69, 9.17) is 5.73 Å². The molecule has 0 amide bonds. The molecule has 2 rings (SSSR count). The average Bonchev–Trinajstić information content (AvgIpc) is 2.73. The van der Waals surface area contributed by atoms with Crippen molar-refractivity contribution in [1.82, 2.24) is 0 Å². The highest BCUT2D eigenvalue weighted by Gasteiger charge is 2.56. The van der Waals surface area contributed by atoms with E-state index in [9.17, 15) is 0 Å². The largest absolute Gasteiger partial charge is 0.330 e. The van der Waals surface area contributed by atoms with Gasteiger partial charge in [-0.05, 0) is 67.7 Å². The molecule has 0 aliphatic heterocycles. The molecule has 2 unspecified atom stereocenters. The predicted molar refractivity (Wildman–Crippen MR) is 74.2 cm³/mol. The second kappa shape index (κ2) is 4.13. The van der Waals surface area contributed by atoms with E-state index < -0.39 is 0 Å². The fourth-order valence-corrected chi connectivity index (χ4v) is 3.48. The minimum atomic E-state index is 0.443. The third-order valence-corrected chi connectivity index (χ3v) is 4.81. The molecule has 2 atom stereocenters. The molecule has 2 N–H and O–H groups in total. The van der Waals surface area contributed by atoms with Crippen molar-refractivity contribution in [3.8, 4) is 0 Å². The maximum Gasteiger partial charge on any atom is -0.00407 e. The summed E-state index contributed by atoms with van der Waals surface area (Å²) in [4.78, 5) is 0. The number of hydrogen-bond donors (Lipinski definition) is 1. The van der Waals surface area contributed by atoms with E-state index in [0.717, 1.165) is 12.5 Å². The molecule has 0 heterocycles. The number of nitrogens with two attached hydrogens (primary N) is 1. The van der Waals surface area contributed by atoms with Gasteiger partial charge in [0.25, 0.3) is 0 Å². The number of benzene rings is 1. The zero-order chi connectivity index (χ0) is 12.8. The molecule has 1 nitrogen and oxygen atoms in total. The van der Waals surface area contributed by atoms with Crippen LogP contribution in [-0.2, 0) is 6.42 Å². The van der Waals surface area contributed by atoms with Gasteiger partial charge in [-0.1, -0.05) is 31.5 Å². The Kier molecular flexibility index (Phi) is 3.07. The molecule has 1 aromatic carbocycles. The van der Waals surface area contributed by atoms with Crippen molar-refractivity contribution < 1.29 is 0 Å². The van der Waals surface area contributed by atoms with Crippen LogP contribution < -0.4 is 5.73 Å². The van der Waals surface area contributed by atoms with Gasteiger partial charge in [0, 0.05) is 0 Å². The molecule has 1 aliphatic carbocycles.